The van der Waals surface area contributed by atoms with Gasteiger partial charge in [0.25, 0.3) is 0 Å². The minimum absolute atomic E-state index is 0.0473. The first-order valence-corrected chi connectivity index (χ1v) is 11.0. The summed E-state index contributed by atoms with van der Waals surface area (Å²) in [6.45, 7) is 5.64. The number of aromatic nitrogens is 2. The van der Waals surface area contributed by atoms with Gasteiger partial charge in [-0.15, -0.1) is 0 Å². The van der Waals surface area contributed by atoms with Crippen molar-refractivity contribution in [1.29, 1.82) is 0 Å². The molecular formula is C24H25N7O. The highest BCUT2D eigenvalue weighted by molar-refractivity contribution is 6.11. The highest BCUT2D eigenvalue weighted by Crippen LogP contribution is 2.33. The van der Waals surface area contributed by atoms with Crippen LogP contribution in [0.4, 0.5) is 11.4 Å². The number of benzene rings is 2. The number of aromatic amines is 1. The van der Waals surface area contributed by atoms with E-state index in [2.05, 4.69) is 55.2 Å². The van der Waals surface area contributed by atoms with Gasteiger partial charge in [-0.3, -0.25) is 9.79 Å². The molecule has 0 spiro atoms. The van der Waals surface area contributed by atoms with Crippen LogP contribution in [0.3, 0.4) is 0 Å². The Morgan fingerprint density at radius 2 is 1.94 bits per heavy atom. The van der Waals surface area contributed by atoms with Gasteiger partial charge >= 0.3 is 0 Å². The molecule has 2 N–H and O–H groups in total. The number of imidazole rings is 1. The van der Waals surface area contributed by atoms with Gasteiger partial charge in [-0.25, -0.2) is 4.98 Å². The Kier molecular flexibility index (Phi) is 4.46. The quantitative estimate of drug-likeness (QED) is 0.494. The van der Waals surface area contributed by atoms with Crippen molar-refractivity contribution in [3.63, 3.8) is 0 Å². The van der Waals surface area contributed by atoms with E-state index in [-0.39, 0.29) is 5.78 Å². The number of likely N-dealkylation sites (N-methyl/N-ethyl adjacent to an activating group) is 1. The number of H-pyrrole nitrogens is 1. The molecule has 1 fully saturated rings. The molecule has 0 aliphatic carbocycles. The summed E-state index contributed by atoms with van der Waals surface area (Å²) in [5, 5.41) is 3.52. The van der Waals surface area contributed by atoms with E-state index in [4.69, 9.17) is 4.99 Å². The number of ketones is 1. The lowest BCUT2D eigenvalue weighted by Crippen LogP contribution is -2.44. The van der Waals surface area contributed by atoms with E-state index in [9.17, 15) is 4.79 Å². The van der Waals surface area contributed by atoms with Crippen LogP contribution in [-0.2, 0) is 0 Å². The minimum atomic E-state index is -0.0473. The summed E-state index contributed by atoms with van der Waals surface area (Å²) in [4.78, 5) is 32.0. The molecule has 6 rings (SSSR count). The molecule has 1 saturated heterocycles. The fourth-order valence-corrected chi connectivity index (χ4v) is 4.62. The Balaban J connectivity index is 1.32. The van der Waals surface area contributed by atoms with Crippen molar-refractivity contribution in [2.45, 2.75) is 0 Å². The molecular weight excluding hydrogens is 402 g/mol. The molecule has 0 unspecified atom stereocenters. The first-order chi connectivity index (χ1) is 15.7. The van der Waals surface area contributed by atoms with Gasteiger partial charge < -0.3 is 25.0 Å². The molecule has 3 aliphatic rings. The molecule has 162 valence electrons. The molecule has 0 atom stereocenters. The second-order valence-electron chi connectivity index (χ2n) is 8.53. The van der Waals surface area contributed by atoms with Gasteiger partial charge in [0.1, 0.15) is 11.7 Å². The summed E-state index contributed by atoms with van der Waals surface area (Å²) in [5.41, 5.74) is 5.63. The summed E-state index contributed by atoms with van der Waals surface area (Å²) in [6.07, 6.45) is 3.33. The van der Waals surface area contributed by atoms with Gasteiger partial charge in [-0.1, -0.05) is 0 Å². The van der Waals surface area contributed by atoms with Crippen LogP contribution in [0.2, 0.25) is 0 Å². The number of fused-ring (bicyclic) bond motifs is 4. The van der Waals surface area contributed by atoms with Gasteiger partial charge in [-0.2, -0.15) is 0 Å². The number of carbonyl (C=O) groups excluding carboxylic acids is 1. The molecule has 0 saturated carbocycles. The number of rotatable bonds is 3. The smallest absolute Gasteiger partial charge is 0.189 e. The van der Waals surface area contributed by atoms with Crippen LogP contribution in [0, 0.1) is 0 Å². The number of nitrogens with zero attached hydrogens (tertiary/aromatic N) is 5. The number of piperazine rings is 1. The fraction of sp³-hybridized carbons (Fsp3) is 0.292. The monoisotopic (exact) mass is 427 g/mol. The van der Waals surface area contributed by atoms with Gasteiger partial charge in [0.05, 0.1) is 29.6 Å². The third kappa shape index (κ3) is 3.23. The van der Waals surface area contributed by atoms with Crippen molar-refractivity contribution in [2.75, 3.05) is 56.5 Å². The number of allylic oxidation sites excluding steroid dienone is 1. The molecule has 3 aliphatic heterocycles. The second-order valence-corrected chi connectivity index (χ2v) is 8.53. The van der Waals surface area contributed by atoms with Crippen molar-refractivity contribution >= 4 is 34.0 Å². The maximum absolute atomic E-state index is 13.1. The van der Waals surface area contributed by atoms with E-state index in [1.54, 1.807) is 12.4 Å². The van der Waals surface area contributed by atoms with Crippen LogP contribution < -0.4 is 10.2 Å². The topological polar surface area (TPSA) is 79.9 Å². The third-order valence-electron chi connectivity index (χ3n) is 6.48. The van der Waals surface area contributed by atoms with E-state index in [1.165, 1.54) is 5.69 Å². The van der Waals surface area contributed by atoms with E-state index in [0.29, 0.717) is 5.56 Å². The largest absolute Gasteiger partial charge is 0.369 e. The van der Waals surface area contributed by atoms with Crippen LogP contribution in [0.1, 0.15) is 15.9 Å². The number of hydrogen-bond acceptors (Lipinski definition) is 7. The second kappa shape index (κ2) is 7.49. The molecule has 0 amide bonds. The molecule has 0 bridgehead atoms. The SMILES string of the molecule is CN1CCN(c2ccc3c(c2)NC(=CC(=O)c2ccc4nc[nH]c4c2)N2CCN=C32)CC1. The highest BCUT2D eigenvalue weighted by Gasteiger charge is 2.30. The highest BCUT2D eigenvalue weighted by atomic mass is 16.1. The molecule has 1 aromatic heterocycles. The van der Waals surface area contributed by atoms with Crippen molar-refractivity contribution in [3.05, 3.63) is 65.7 Å². The molecule has 0 radical (unpaired) electrons. The zero-order valence-corrected chi connectivity index (χ0v) is 18.0. The lowest BCUT2D eigenvalue weighted by Gasteiger charge is -2.36. The number of hydrogen-bond donors (Lipinski definition) is 2. The van der Waals surface area contributed by atoms with Crippen molar-refractivity contribution in [1.82, 2.24) is 19.8 Å². The third-order valence-corrected chi connectivity index (χ3v) is 6.48. The number of nitrogens with one attached hydrogen (secondary N) is 2. The molecule has 3 aromatic rings. The Hall–Kier alpha value is -3.65. The van der Waals surface area contributed by atoms with E-state index in [0.717, 1.165) is 73.2 Å². The van der Waals surface area contributed by atoms with Gasteiger partial charge in [0, 0.05) is 55.6 Å². The lowest BCUT2D eigenvalue weighted by molar-refractivity contribution is 0.104. The Morgan fingerprint density at radius 1 is 1.06 bits per heavy atom. The summed E-state index contributed by atoms with van der Waals surface area (Å²) >= 11 is 0. The standard InChI is InChI=1S/C24H25N7O/c1-29-8-10-30(11-9-29)17-3-4-18-20(13-17)28-23(31-7-6-25-24(18)31)14-22(32)16-2-5-19-21(12-16)27-15-26-19/h2-5,12-15,28H,6-11H2,1H3,(H,26,27). The molecule has 2 aromatic carbocycles. The van der Waals surface area contributed by atoms with Crippen molar-refractivity contribution in [2.24, 2.45) is 4.99 Å². The summed E-state index contributed by atoms with van der Waals surface area (Å²) in [6, 6.07) is 12.1. The average Bonchev–Trinajstić information content (AvgIpc) is 3.48. The first-order valence-electron chi connectivity index (χ1n) is 11.0. The minimum Gasteiger partial charge on any atom is -0.369 e. The normalized spacial score (nSPS) is 19.7. The van der Waals surface area contributed by atoms with E-state index in [1.807, 2.05) is 18.2 Å². The molecule has 8 nitrogen and oxygen atoms in total. The summed E-state index contributed by atoms with van der Waals surface area (Å²) in [7, 11) is 2.16. The predicted molar refractivity (Wildman–Crippen MR) is 126 cm³/mol. The maximum Gasteiger partial charge on any atom is 0.189 e. The summed E-state index contributed by atoms with van der Waals surface area (Å²) < 4.78 is 0. The number of carbonyl (C=O) groups is 1. The van der Waals surface area contributed by atoms with E-state index < -0.39 is 0 Å². The zero-order chi connectivity index (χ0) is 21.7. The average molecular weight is 428 g/mol. The predicted octanol–water partition coefficient (Wildman–Crippen LogP) is 2.53. The van der Waals surface area contributed by atoms with Gasteiger partial charge in [-0.05, 0) is 43.4 Å². The first kappa shape index (κ1) is 19.1. The molecule has 4 heterocycles. The summed E-state index contributed by atoms with van der Waals surface area (Å²) in [5.74, 6) is 1.67. The van der Waals surface area contributed by atoms with Crippen molar-refractivity contribution < 1.29 is 4.79 Å². The number of amidine groups is 1. The zero-order valence-electron chi connectivity index (χ0n) is 18.0. The maximum atomic E-state index is 13.1. The Morgan fingerprint density at radius 3 is 2.81 bits per heavy atom. The van der Waals surface area contributed by atoms with E-state index >= 15 is 0 Å². The Bertz CT molecular complexity index is 1270. The number of aliphatic imine (C=N–C) groups is 1. The molecule has 32 heavy (non-hydrogen) atoms. The van der Waals surface area contributed by atoms with Gasteiger partial charge in [0.15, 0.2) is 5.78 Å². The number of anilines is 2. The van der Waals surface area contributed by atoms with Crippen LogP contribution in [0.5, 0.6) is 0 Å². The van der Waals surface area contributed by atoms with Crippen molar-refractivity contribution in [3.8, 4) is 0 Å². The van der Waals surface area contributed by atoms with Crippen LogP contribution in [0.25, 0.3) is 11.0 Å². The fourth-order valence-electron chi connectivity index (χ4n) is 4.62. The Labute approximate surface area is 186 Å². The molecule has 8 heteroatoms. The van der Waals surface area contributed by atoms with Crippen LogP contribution in [-0.4, -0.2) is 77.7 Å². The van der Waals surface area contributed by atoms with Crippen LogP contribution in [0.15, 0.2) is 59.6 Å². The van der Waals surface area contributed by atoms with Crippen LogP contribution >= 0.6 is 0 Å². The lowest BCUT2D eigenvalue weighted by atomic mass is 10.1. The van der Waals surface area contributed by atoms with Gasteiger partial charge in [0.2, 0.25) is 0 Å².